The Labute approximate surface area is 253 Å². The number of nitrogens with zero attached hydrogens (tertiary/aromatic N) is 2. The van der Waals surface area contributed by atoms with E-state index in [-0.39, 0.29) is 30.9 Å². The molecule has 2 amide bonds. The molecule has 1 atom stereocenters. The van der Waals surface area contributed by atoms with Crippen molar-refractivity contribution in [1.82, 2.24) is 20.2 Å². The minimum atomic E-state index is -1.32. The highest BCUT2D eigenvalue weighted by Crippen LogP contribution is 2.42. The summed E-state index contributed by atoms with van der Waals surface area (Å²) in [6.07, 6.45) is 2.48. The lowest BCUT2D eigenvalue weighted by atomic mass is 9.96. The standard InChI is InChI=1S/C33H35F3N4O4/c1-4-14-33(3,38-32(42)44-17-21-8-6-5-7-9-21)19-37-31(41)28-26-15-20(2)16-27(40(26)39-30(28)22-10-11-22)43-18-23-24(34)12-13-25(35)29(23)36/h5-9,12-13,15-16,22H,4,10-11,14,17-19H2,1-3H3,(H,37,41)(H,38,42). The number of nitrogens with one attached hydrogen (secondary N) is 2. The molecule has 2 aromatic carbocycles. The molecule has 2 aromatic heterocycles. The topological polar surface area (TPSA) is 94.0 Å². The third-order valence-electron chi connectivity index (χ3n) is 7.62. The SMILES string of the molecule is CCCC(C)(CNC(=O)c1c(C2CC2)nn2c(OCc3c(F)ccc(F)c3F)cc(C)cc12)NC(=O)OCc1ccccc1. The number of carbonyl (C=O) groups is 2. The Kier molecular flexibility index (Phi) is 9.12. The molecule has 5 rings (SSSR count). The zero-order valence-corrected chi connectivity index (χ0v) is 24.9. The summed E-state index contributed by atoms with van der Waals surface area (Å²) in [6.45, 7) is 5.31. The van der Waals surface area contributed by atoms with E-state index in [4.69, 9.17) is 9.47 Å². The first-order chi connectivity index (χ1) is 21.1. The molecule has 8 nitrogen and oxygen atoms in total. The van der Waals surface area contributed by atoms with Gasteiger partial charge in [-0.2, -0.15) is 9.61 Å². The van der Waals surface area contributed by atoms with Crippen molar-refractivity contribution in [2.24, 2.45) is 0 Å². The van der Waals surface area contributed by atoms with Gasteiger partial charge in [-0.25, -0.2) is 18.0 Å². The van der Waals surface area contributed by atoms with Gasteiger partial charge in [-0.05, 0) is 62.4 Å². The highest BCUT2D eigenvalue weighted by Gasteiger charge is 2.35. The number of amides is 2. The van der Waals surface area contributed by atoms with E-state index in [1.54, 1.807) is 19.1 Å². The van der Waals surface area contributed by atoms with E-state index < -0.39 is 41.3 Å². The molecule has 0 aliphatic heterocycles. The fourth-order valence-electron chi connectivity index (χ4n) is 5.20. The predicted molar refractivity (Wildman–Crippen MR) is 158 cm³/mol. The summed E-state index contributed by atoms with van der Waals surface area (Å²) in [7, 11) is 0. The molecular weight excluding hydrogens is 573 g/mol. The van der Waals surface area contributed by atoms with Crippen molar-refractivity contribution >= 4 is 17.5 Å². The van der Waals surface area contributed by atoms with Crippen LogP contribution < -0.4 is 15.4 Å². The molecule has 0 spiro atoms. The minimum Gasteiger partial charge on any atom is -0.473 e. The van der Waals surface area contributed by atoms with Crippen LogP contribution in [-0.2, 0) is 18.0 Å². The second-order valence-corrected chi connectivity index (χ2v) is 11.5. The van der Waals surface area contributed by atoms with Gasteiger partial charge in [0.05, 0.1) is 27.9 Å². The number of rotatable bonds is 12. The Morgan fingerprint density at radius 3 is 2.48 bits per heavy atom. The number of benzene rings is 2. The number of carbonyl (C=O) groups excluding carboxylic acids is 2. The number of hydrogen-bond acceptors (Lipinski definition) is 5. The molecule has 1 aliphatic carbocycles. The number of pyridine rings is 1. The molecule has 2 N–H and O–H groups in total. The van der Waals surface area contributed by atoms with Crippen LogP contribution in [0.25, 0.3) is 5.52 Å². The highest BCUT2D eigenvalue weighted by molar-refractivity contribution is 6.02. The van der Waals surface area contributed by atoms with E-state index >= 15 is 0 Å². The fourth-order valence-corrected chi connectivity index (χ4v) is 5.20. The van der Waals surface area contributed by atoms with Crippen LogP contribution in [0.15, 0.2) is 54.6 Å². The van der Waals surface area contributed by atoms with Gasteiger partial charge < -0.3 is 20.1 Å². The van der Waals surface area contributed by atoms with Gasteiger partial charge in [0.1, 0.15) is 19.0 Å². The maximum absolute atomic E-state index is 14.3. The molecule has 44 heavy (non-hydrogen) atoms. The van der Waals surface area contributed by atoms with Crippen molar-refractivity contribution in [1.29, 1.82) is 0 Å². The summed E-state index contributed by atoms with van der Waals surface area (Å²) < 4.78 is 54.9. The van der Waals surface area contributed by atoms with Gasteiger partial charge in [-0.1, -0.05) is 43.7 Å². The van der Waals surface area contributed by atoms with Crippen LogP contribution in [0.5, 0.6) is 5.88 Å². The second-order valence-electron chi connectivity index (χ2n) is 11.5. The van der Waals surface area contributed by atoms with Crippen LogP contribution in [0.2, 0.25) is 0 Å². The van der Waals surface area contributed by atoms with E-state index in [0.717, 1.165) is 36.5 Å². The Balaban J connectivity index is 1.35. The van der Waals surface area contributed by atoms with Crippen LogP contribution in [0.1, 0.15) is 78.2 Å². The minimum absolute atomic E-state index is 0.0787. The van der Waals surface area contributed by atoms with Crippen LogP contribution in [0.4, 0.5) is 18.0 Å². The Bertz CT molecular complexity index is 1670. The summed E-state index contributed by atoms with van der Waals surface area (Å²) in [5, 5.41) is 10.6. The van der Waals surface area contributed by atoms with Crippen LogP contribution in [0, 0.1) is 24.4 Å². The van der Waals surface area contributed by atoms with E-state index in [1.165, 1.54) is 4.52 Å². The molecule has 1 saturated carbocycles. The second kappa shape index (κ2) is 13.0. The number of alkyl carbamates (subject to hydrolysis) is 1. The van der Waals surface area contributed by atoms with Crippen molar-refractivity contribution in [2.45, 2.75) is 71.1 Å². The molecule has 1 aliphatic rings. The molecule has 1 unspecified atom stereocenters. The Morgan fingerprint density at radius 2 is 1.77 bits per heavy atom. The van der Waals surface area contributed by atoms with Crippen LogP contribution >= 0.6 is 0 Å². The maximum Gasteiger partial charge on any atom is 0.407 e. The lowest BCUT2D eigenvalue weighted by Crippen LogP contribution is -2.53. The van der Waals surface area contributed by atoms with Gasteiger partial charge >= 0.3 is 6.09 Å². The number of hydrogen-bond donors (Lipinski definition) is 2. The third-order valence-corrected chi connectivity index (χ3v) is 7.62. The van der Waals surface area contributed by atoms with Gasteiger partial charge in [0, 0.05) is 18.5 Å². The van der Waals surface area contributed by atoms with E-state index in [9.17, 15) is 22.8 Å². The molecule has 0 saturated heterocycles. The van der Waals surface area contributed by atoms with Gasteiger partial charge in [0.2, 0.25) is 5.88 Å². The number of halogens is 3. The predicted octanol–water partition coefficient (Wildman–Crippen LogP) is 6.73. The fraction of sp³-hybridized carbons (Fsp3) is 0.364. The van der Waals surface area contributed by atoms with Crippen molar-refractivity contribution < 1.29 is 32.2 Å². The summed E-state index contributed by atoms with van der Waals surface area (Å²) in [6, 6.07) is 14.3. The quantitative estimate of drug-likeness (QED) is 0.174. The Hall–Kier alpha value is -4.54. The molecular formula is C33H35F3N4O4. The normalized spacial score (nSPS) is 14.2. The molecule has 2 heterocycles. The average Bonchev–Trinajstić information content (AvgIpc) is 3.77. The number of fused-ring (bicyclic) bond motifs is 1. The molecule has 1 fully saturated rings. The first-order valence-corrected chi connectivity index (χ1v) is 14.6. The van der Waals surface area contributed by atoms with Crippen LogP contribution in [-0.4, -0.2) is 33.7 Å². The first-order valence-electron chi connectivity index (χ1n) is 14.6. The first kappa shape index (κ1) is 30.9. The summed E-state index contributed by atoms with van der Waals surface area (Å²) in [5.41, 5.74) is 1.68. The molecule has 0 radical (unpaired) electrons. The summed E-state index contributed by atoms with van der Waals surface area (Å²) in [5.74, 6) is -3.57. The number of ether oxygens (including phenoxy) is 2. The van der Waals surface area contributed by atoms with E-state index in [2.05, 4.69) is 15.7 Å². The van der Waals surface area contributed by atoms with Crippen molar-refractivity contribution in [2.75, 3.05) is 6.54 Å². The summed E-state index contributed by atoms with van der Waals surface area (Å²) >= 11 is 0. The summed E-state index contributed by atoms with van der Waals surface area (Å²) in [4.78, 5) is 26.4. The molecule has 11 heteroatoms. The van der Waals surface area contributed by atoms with Crippen molar-refractivity contribution in [3.63, 3.8) is 0 Å². The lowest BCUT2D eigenvalue weighted by Gasteiger charge is -2.30. The monoisotopic (exact) mass is 608 g/mol. The zero-order chi connectivity index (χ0) is 31.4. The van der Waals surface area contributed by atoms with Crippen molar-refractivity contribution in [3.05, 3.63) is 100.0 Å². The zero-order valence-electron chi connectivity index (χ0n) is 24.9. The smallest absolute Gasteiger partial charge is 0.407 e. The van der Waals surface area contributed by atoms with Gasteiger partial charge in [-0.15, -0.1) is 0 Å². The largest absolute Gasteiger partial charge is 0.473 e. The highest BCUT2D eigenvalue weighted by atomic mass is 19.2. The van der Waals surface area contributed by atoms with Crippen LogP contribution in [0.3, 0.4) is 0 Å². The van der Waals surface area contributed by atoms with Gasteiger partial charge in [0.15, 0.2) is 11.6 Å². The maximum atomic E-state index is 14.3. The van der Waals surface area contributed by atoms with Crippen molar-refractivity contribution in [3.8, 4) is 5.88 Å². The Morgan fingerprint density at radius 1 is 1.05 bits per heavy atom. The average molecular weight is 609 g/mol. The molecule has 4 aromatic rings. The van der Waals surface area contributed by atoms with Gasteiger partial charge in [0.25, 0.3) is 5.91 Å². The molecule has 0 bridgehead atoms. The van der Waals surface area contributed by atoms with E-state index in [0.29, 0.717) is 29.3 Å². The van der Waals surface area contributed by atoms with Gasteiger partial charge in [-0.3, -0.25) is 4.79 Å². The number of aryl methyl sites for hydroxylation is 1. The lowest BCUT2D eigenvalue weighted by molar-refractivity contribution is 0.0928. The molecule has 232 valence electrons. The third kappa shape index (κ3) is 6.98. The van der Waals surface area contributed by atoms with E-state index in [1.807, 2.05) is 44.2 Å². The number of aromatic nitrogens is 2.